The molecule has 1 aliphatic heterocycles. The Labute approximate surface area is 188 Å². The molecular formula is C24H27FN4OS. The van der Waals surface area contributed by atoms with E-state index in [-0.39, 0.29) is 11.7 Å². The predicted molar refractivity (Wildman–Crippen MR) is 127 cm³/mol. The van der Waals surface area contributed by atoms with Crippen LogP contribution < -0.4 is 9.80 Å². The van der Waals surface area contributed by atoms with Gasteiger partial charge in [-0.25, -0.2) is 9.24 Å². The van der Waals surface area contributed by atoms with Crippen molar-refractivity contribution in [2.24, 2.45) is 0 Å². The highest BCUT2D eigenvalue weighted by Crippen LogP contribution is 2.38. The molecule has 0 aromatic heterocycles. The Balaban J connectivity index is 1.98. The minimum Gasteiger partial charge on any atom is -0.303 e. The van der Waals surface area contributed by atoms with E-state index in [0.717, 1.165) is 18.7 Å². The summed E-state index contributed by atoms with van der Waals surface area (Å²) in [5.74, 6) is -0.508. The lowest BCUT2D eigenvalue weighted by molar-refractivity contribution is -0.120. The minimum absolute atomic E-state index is 0.194. The van der Waals surface area contributed by atoms with Crippen LogP contribution in [0.2, 0.25) is 0 Å². The summed E-state index contributed by atoms with van der Waals surface area (Å²) in [6.07, 6.45) is 0. The lowest BCUT2D eigenvalue weighted by atomic mass is 10.0. The minimum atomic E-state index is -0.976. The van der Waals surface area contributed by atoms with Gasteiger partial charge in [-0.3, -0.25) is 14.6 Å². The van der Waals surface area contributed by atoms with Crippen molar-refractivity contribution in [3.05, 3.63) is 64.8 Å². The standard InChI is InChI=1S/C24H27FN4OS/c1-7-27(8-2)15-17-9-10-19(14-20(17)25)29-23(31)28(22(30)24(29,4)5)18-11-12-21(26-6)16(3)13-18/h9-14H,7-8,15H2,1-5H3. The summed E-state index contributed by atoms with van der Waals surface area (Å²) in [5, 5.41) is 0.292. The number of hydrogen-bond donors (Lipinski definition) is 0. The molecule has 1 amide bonds. The first-order chi connectivity index (χ1) is 14.6. The maximum Gasteiger partial charge on any atom is 0.259 e. The zero-order valence-electron chi connectivity index (χ0n) is 18.6. The first-order valence-electron chi connectivity index (χ1n) is 10.3. The van der Waals surface area contributed by atoms with Crippen molar-refractivity contribution in [3.63, 3.8) is 0 Å². The number of carbonyl (C=O) groups is 1. The van der Waals surface area contributed by atoms with Gasteiger partial charge in [-0.1, -0.05) is 26.0 Å². The van der Waals surface area contributed by atoms with Gasteiger partial charge in [0.05, 0.1) is 6.57 Å². The number of anilines is 2. The Bertz CT molecular complexity index is 1070. The Kier molecular flexibility index (Phi) is 6.44. The summed E-state index contributed by atoms with van der Waals surface area (Å²) in [5.41, 5.74) is 2.09. The molecule has 31 heavy (non-hydrogen) atoms. The highest BCUT2D eigenvalue weighted by atomic mass is 32.1. The molecule has 0 spiro atoms. The van der Waals surface area contributed by atoms with Gasteiger partial charge in [0, 0.05) is 23.5 Å². The van der Waals surface area contributed by atoms with Crippen molar-refractivity contribution < 1.29 is 9.18 Å². The largest absolute Gasteiger partial charge is 0.303 e. The van der Waals surface area contributed by atoms with Crippen molar-refractivity contribution in [1.29, 1.82) is 0 Å². The summed E-state index contributed by atoms with van der Waals surface area (Å²) in [4.78, 5) is 22.1. The summed E-state index contributed by atoms with van der Waals surface area (Å²) < 4.78 is 14.9. The van der Waals surface area contributed by atoms with Gasteiger partial charge in [-0.2, -0.15) is 0 Å². The molecular weight excluding hydrogens is 411 g/mol. The van der Waals surface area contributed by atoms with Crippen LogP contribution in [0.3, 0.4) is 0 Å². The second-order valence-electron chi connectivity index (χ2n) is 8.14. The smallest absolute Gasteiger partial charge is 0.259 e. The zero-order valence-corrected chi connectivity index (χ0v) is 19.4. The van der Waals surface area contributed by atoms with Gasteiger partial charge >= 0.3 is 0 Å². The fourth-order valence-corrected chi connectivity index (χ4v) is 4.37. The normalized spacial score (nSPS) is 15.7. The first kappa shape index (κ1) is 22.9. The van der Waals surface area contributed by atoms with Crippen LogP contribution in [-0.4, -0.2) is 34.5 Å². The molecule has 1 saturated heterocycles. The van der Waals surface area contributed by atoms with E-state index < -0.39 is 5.54 Å². The van der Waals surface area contributed by atoms with Crippen LogP contribution in [0, 0.1) is 19.3 Å². The van der Waals surface area contributed by atoms with Gasteiger partial charge in [0.25, 0.3) is 5.91 Å². The Morgan fingerprint density at radius 1 is 1.13 bits per heavy atom. The monoisotopic (exact) mass is 438 g/mol. The average Bonchev–Trinajstić information content (AvgIpc) is 2.91. The number of hydrogen-bond acceptors (Lipinski definition) is 3. The third-order valence-corrected chi connectivity index (χ3v) is 6.18. The summed E-state index contributed by atoms with van der Waals surface area (Å²) in [7, 11) is 0. The second-order valence-corrected chi connectivity index (χ2v) is 8.50. The van der Waals surface area contributed by atoms with E-state index in [1.54, 1.807) is 43.0 Å². The van der Waals surface area contributed by atoms with Gasteiger partial charge < -0.3 is 4.90 Å². The molecule has 7 heteroatoms. The van der Waals surface area contributed by atoms with E-state index in [0.29, 0.717) is 34.3 Å². The van der Waals surface area contributed by atoms with Crippen molar-refractivity contribution in [2.45, 2.75) is 46.7 Å². The zero-order chi connectivity index (χ0) is 22.9. The topological polar surface area (TPSA) is 31.2 Å². The molecule has 162 valence electrons. The molecule has 2 aromatic rings. The van der Waals surface area contributed by atoms with Gasteiger partial charge in [0.15, 0.2) is 10.8 Å². The van der Waals surface area contributed by atoms with Crippen LogP contribution in [0.15, 0.2) is 36.4 Å². The highest BCUT2D eigenvalue weighted by molar-refractivity contribution is 7.81. The summed E-state index contributed by atoms with van der Waals surface area (Å²) in [6.45, 7) is 18.9. The second kappa shape index (κ2) is 8.74. The lowest BCUT2D eigenvalue weighted by Gasteiger charge is -2.30. The fourth-order valence-electron chi connectivity index (χ4n) is 3.85. The molecule has 2 aromatic carbocycles. The van der Waals surface area contributed by atoms with E-state index in [1.165, 1.54) is 11.0 Å². The highest BCUT2D eigenvalue weighted by Gasteiger charge is 2.50. The van der Waals surface area contributed by atoms with Crippen molar-refractivity contribution in [3.8, 4) is 0 Å². The number of halogens is 1. The molecule has 1 heterocycles. The van der Waals surface area contributed by atoms with Crippen LogP contribution in [0.25, 0.3) is 4.85 Å². The quantitative estimate of drug-likeness (QED) is 0.444. The number of benzene rings is 2. The SMILES string of the molecule is [C-]#[N+]c1ccc(N2C(=O)C(C)(C)N(c3ccc(CN(CC)CC)c(F)c3)C2=S)cc1C. The van der Waals surface area contributed by atoms with Crippen LogP contribution in [0.4, 0.5) is 21.5 Å². The van der Waals surface area contributed by atoms with Crippen molar-refractivity contribution in [2.75, 3.05) is 22.9 Å². The van der Waals surface area contributed by atoms with Gasteiger partial charge in [-0.15, -0.1) is 0 Å². The third-order valence-electron chi connectivity index (χ3n) is 5.81. The van der Waals surface area contributed by atoms with E-state index in [9.17, 15) is 9.18 Å². The van der Waals surface area contributed by atoms with Crippen molar-refractivity contribution >= 4 is 40.3 Å². The molecule has 0 atom stereocenters. The van der Waals surface area contributed by atoms with Crippen molar-refractivity contribution in [1.82, 2.24) is 4.90 Å². The van der Waals surface area contributed by atoms with E-state index >= 15 is 0 Å². The van der Waals surface area contributed by atoms with Gasteiger partial charge in [-0.05, 0) is 75.9 Å². The average molecular weight is 439 g/mol. The fraction of sp³-hybridized carbons (Fsp3) is 0.375. The van der Waals surface area contributed by atoms with Crippen LogP contribution in [0.1, 0.15) is 38.8 Å². The molecule has 0 bridgehead atoms. The maximum absolute atomic E-state index is 14.9. The van der Waals surface area contributed by atoms with Crippen LogP contribution in [0.5, 0.6) is 0 Å². The molecule has 0 radical (unpaired) electrons. The van der Waals surface area contributed by atoms with Crippen LogP contribution >= 0.6 is 12.2 Å². The third kappa shape index (κ3) is 4.06. The predicted octanol–water partition coefficient (Wildman–Crippen LogP) is 5.44. The Morgan fingerprint density at radius 2 is 1.77 bits per heavy atom. The molecule has 3 rings (SSSR count). The molecule has 0 unspecified atom stereocenters. The number of nitrogens with zero attached hydrogens (tertiary/aromatic N) is 4. The number of carbonyl (C=O) groups excluding carboxylic acids is 1. The summed E-state index contributed by atoms with van der Waals surface area (Å²) in [6, 6.07) is 10.2. The number of rotatable bonds is 6. The molecule has 5 nitrogen and oxygen atoms in total. The molecule has 0 N–H and O–H groups in total. The van der Waals surface area contributed by atoms with E-state index in [4.69, 9.17) is 18.8 Å². The molecule has 1 aliphatic rings. The van der Waals surface area contributed by atoms with Gasteiger partial charge in [0.2, 0.25) is 0 Å². The first-order valence-corrected chi connectivity index (χ1v) is 10.7. The molecule has 0 saturated carbocycles. The maximum atomic E-state index is 14.9. The van der Waals surface area contributed by atoms with Gasteiger partial charge in [0.1, 0.15) is 11.4 Å². The molecule has 0 aliphatic carbocycles. The molecule has 1 fully saturated rings. The number of amides is 1. The Hall–Kier alpha value is -2.82. The van der Waals surface area contributed by atoms with E-state index in [2.05, 4.69) is 9.74 Å². The lowest BCUT2D eigenvalue weighted by Crippen LogP contribution is -2.44. The Morgan fingerprint density at radius 3 is 2.32 bits per heavy atom. The summed E-state index contributed by atoms with van der Waals surface area (Å²) >= 11 is 5.68. The number of thiocarbonyl (C=S) groups is 1. The van der Waals surface area contributed by atoms with Crippen LogP contribution in [-0.2, 0) is 11.3 Å². The number of aryl methyl sites for hydroxylation is 1. The van der Waals surface area contributed by atoms with E-state index in [1.807, 2.05) is 26.8 Å².